The fourth-order valence-electron chi connectivity index (χ4n) is 2.17. The Morgan fingerprint density at radius 3 is 2.68 bits per heavy atom. The Bertz CT molecular complexity index is 704. The number of hydrogen-bond donors (Lipinski definition) is 0. The van der Waals surface area contributed by atoms with Gasteiger partial charge in [-0.25, -0.2) is 9.78 Å². The summed E-state index contributed by atoms with van der Waals surface area (Å²) in [5.74, 6) is -1.26. The van der Waals surface area contributed by atoms with Crippen molar-refractivity contribution in [3.63, 3.8) is 0 Å². The minimum Gasteiger partial charge on any atom is -0.464 e. The lowest BCUT2D eigenvalue weighted by molar-refractivity contribution is -0.138. The second-order valence-electron chi connectivity index (χ2n) is 4.74. The molecule has 0 fully saturated rings. The molecule has 1 aliphatic heterocycles. The van der Waals surface area contributed by atoms with Gasteiger partial charge >= 0.3 is 5.97 Å². The molecule has 0 radical (unpaired) electrons. The number of carbonyl (C=O) groups excluding carboxylic acids is 3. The molecule has 0 aromatic carbocycles. The van der Waals surface area contributed by atoms with Crippen molar-refractivity contribution < 1.29 is 19.1 Å². The lowest BCUT2D eigenvalue weighted by Gasteiger charge is -2.14. The average Bonchev–Trinajstić information content (AvgIpc) is 2.72. The number of imide groups is 1. The largest absolute Gasteiger partial charge is 0.464 e. The molecular weight excluding hydrogens is 284 g/mol. The molecule has 22 heavy (non-hydrogen) atoms. The maximum absolute atomic E-state index is 12.3. The number of methoxy groups -OCH3 is 1. The number of aromatic nitrogens is 1. The summed E-state index contributed by atoms with van der Waals surface area (Å²) in [7, 11) is 1.26. The van der Waals surface area contributed by atoms with E-state index in [0.717, 1.165) is 4.90 Å². The van der Waals surface area contributed by atoms with Crippen LogP contribution in [0.4, 0.5) is 0 Å². The fraction of sp³-hybridized carbons (Fsp3) is 0.250. The van der Waals surface area contributed by atoms with Crippen LogP contribution in [0.1, 0.15) is 30.0 Å². The highest BCUT2D eigenvalue weighted by Crippen LogP contribution is 2.23. The SMILES string of the molecule is C/C=C\C1=C(C)C(=O)N(Cc2cccc(C(=O)OC)n2)C1=O. The molecule has 6 nitrogen and oxygen atoms in total. The van der Waals surface area contributed by atoms with Crippen molar-refractivity contribution in [2.24, 2.45) is 0 Å². The van der Waals surface area contributed by atoms with Crippen LogP contribution in [0.25, 0.3) is 0 Å². The Morgan fingerprint density at radius 1 is 1.32 bits per heavy atom. The van der Waals surface area contributed by atoms with Crippen LogP contribution in [0, 0.1) is 0 Å². The van der Waals surface area contributed by atoms with Crippen LogP contribution in [0.2, 0.25) is 0 Å². The van der Waals surface area contributed by atoms with Crippen LogP contribution >= 0.6 is 0 Å². The Hall–Kier alpha value is -2.76. The zero-order chi connectivity index (χ0) is 16.3. The first-order chi connectivity index (χ1) is 10.5. The Kier molecular flexibility index (Phi) is 4.50. The first-order valence-corrected chi connectivity index (χ1v) is 6.73. The summed E-state index contributed by atoms with van der Waals surface area (Å²) in [6.07, 6.45) is 3.33. The second-order valence-corrected chi connectivity index (χ2v) is 4.74. The third-order valence-electron chi connectivity index (χ3n) is 3.30. The van der Waals surface area contributed by atoms with Crippen LogP contribution in [0.3, 0.4) is 0 Å². The first-order valence-electron chi connectivity index (χ1n) is 6.73. The van der Waals surface area contributed by atoms with Crippen molar-refractivity contribution in [3.05, 3.63) is 52.9 Å². The molecule has 2 amide bonds. The zero-order valence-electron chi connectivity index (χ0n) is 12.6. The molecule has 0 atom stereocenters. The fourth-order valence-corrected chi connectivity index (χ4v) is 2.17. The third kappa shape index (κ3) is 2.81. The van der Waals surface area contributed by atoms with Crippen LogP contribution in [0.15, 0.2) is 41.5 Å². The van der Waals surface area contributed by atoms with Crippen molar-refractivity contribution in [1.29, 1.82) is 0 Å². The molecule has 2 heterocycles. The van der Waals surface area contributed by atoms with Crippen LogP contribution < -0.4 is 0 Å². The van der Waals surface area contributed by atoms with Crippen LogP contribution in [-0.4, -0.2) is 34.8 Å². The molecule has 114 valence electrons. The van der Waals surface area contributed by atoms with E-state index in [1.54, 1.807) is 38.1 Å². The van der Waals surface area contributed by atoms with Gasteiger partial charge in [0, 0.05) is 11.1 Å². The van der Waals surface area contributed by atoms with Gasteiger partial charge in [-0.2, -0.15) is 0 Å². The lowest BCUT2D eigenvalue weighted by atomic mass is 10.1. The van der Waals surface area contributed by atoms with Gasteiger partial charge in [-0.15, -0.1) is 0 Å². The van der Waals surface area contributed by atoms with E-state index in [1.165, 1.54) is 13.2 Å². The molecule has 2 rings (SSSR count). The predicted octanol–water partition coefficient (Wildman–Crippen LogP) is 1.63. The zero-order valence-corrected chi connectivity index (χ0v) is 12.6. The number of nitrogens with zero attached hydrogens (tertiary/aromatic N) is 2. The molecule has 6 heteroatoms. The number of hydrogen-bond acceptors (Lipinski definition) is 5. The van der Waals surface area contributed by atoms with Gasteiger partial charge in [-0.1, -0.05) is 18.2 Å². The van der Waals surface area contributed by atoms with Crippen molar-refractivity contribution >= 4 is 17.8 Å². The number of ether oxygens (including phenoxy) is 1. The van der Waals surface area contributed by atoms with Gasteiger partial charge in [0.25, 0.3) is 11.8 Å². The number of rotatable bonds is 4. The molecule has 0 spiro atoms. The summed E-state index contributed by atoms with van der Waals surface area (Å²) in [6.45, 7) is 3.41. The van der Waals surface area contributed by atoms with Gasteiger partial charge in [0.15, 0.2) is 0 Å². The van der Waals surface area contributed by atoms with Crippen molar-refractivity contribution in [2.75, 3.05) is 7.11 Å². The monoisotopic (exact) mass is 300 g/mol. The summed E-state index contributed by atoms with van der Waals surface area (Å²) in [6, 6.07) is 4.79. The second kappa shape index (κ2) is 6.34. The molecular formula is C16H16N2O4. The topological polar surface area (TPSA) is 76.6 Å². The van der Waals surface area contributed by atoms with Gasteiger partial charge in [-0.05, 0) is 26.0 Å². The lowest BCUT2D eigenvalue weighted by Crippen LogP contribution is -2.31. The summed E-state index contributed by atoms with van der Waals surface area (Å²) >= 11 is 0. The molecule has 0 saturated carbocycles. The molecule has 0 bridgehead atoms. The predicted molar refractivity (Wildman–Crippen MR) is 78.6 cm³/mol. The molecule has 0 aliphatic carbocycles. The van der Waals surface area contributed by atoms with E-state index in [9.17, 15) is 14.4 Å². The molecule has 0 saturated heterocycles. The summed E-state index contributed by atoms with van der Waals surface area (Å²) < 4.78 is 4.60. The summed E-state index contributed by atoms with van der Waals surface area (Å²) in [5.41, 5.74) is 1.38. The van der Waals surface area contributed by atoms with E-state index in [4.69, 9.17) is 0 Å². The van der Waals surface area contributed by atoms with Gasteiger partial charge in [0.05, 0.1) is 19.3 Å². The average molecular weight is 300 g/mol. The van der Waals surface area contributed by atoms with Gasteiger partial charge in [0.2, 0.25) is 0 Å². The number of amides is 2. The van der Waals surface area contributed by atoms with Gasteiger partial charge in [-0.3, -0.25) is 14.5 Å². The van der Waals surface area contributed by atoms with Gasteiger partial charge in [0.1, 0.15) is 5.69 Å². The Morgan fingerprint density at radius 2 is 2.05 bits per heavy atom. The highest BCUT2D eigenvalue weighted by atomic mass is 16.5. The standard InChI is InChI=1S/C16H16N2O4/c1-4-6-12-10(2)14(19)18(15(12)20)9-11-7-5-8-13(17-11)16(21)22-3/h4-8H,9H2,1-3H3/b6-4-. The quantitative estimate of drug-likeness (QED) is 0.624. The van der Waals surface area contributed by atoms with E-state index in [0.29, 0.717) is 16.8 Å². The van der Waals surface area contributed by atoms with Crippen LogP contribution in [-0.2, 0) is 20.9 Å². The van der Waals surface area contributed by atoms with Gasteiger partial charge < -0.3 is 4.74 Å². The molecule has 1 aromatic rings. The molecule has 0 unspecified atom stereocenters. The number of esters is 1. The minimum atomic E-state index is -0.565. The van der Waals surface area contributed by atoms with E-state index < -0.39 is 5.97 Å². The Labute approximate surface area is 128 Å². The van der Waals surface area contributed by atoms with E-state index in [-0.39, 0.29) is 24.1 Å². The first kappa shape index (κ1) is 15.6. The number of allylic oxidation sites excluding steroid dienone is 1. The highest BCUT2D eigenvalue weighted by Gasteiger charge is 2.34. The minimum absolute atomic E-state index is 0.0148. The van der Waals surface area contributed by atoms with Crippen molar-refractivity contribution in [3.8, 4) is 0 Å². The van der Waals surface area contributed by atoms with Crippen LogP contribution in [0.5, 0.6) is 0 Å². The molecule has 1 aromatic heterocycles. The summed E-state index contributed by atoms with van der Waals surface area (Å²) in [5, 5.41) is 0. The van der Waals surface area contributed by atoms with Crippen molar-refractivity contribution in [1.82, 2.24) is 9.88 Å². The van der Waals surface area contributed by atoms with E-state index in [1.807, 2.05) is 0 Å². The van der Waals surface area contributed by atoms with E-state index >= 15 is 0 Å². The van der Waals surface area contributed by atoms with E-state index in [2.05, 4.69) is 9.72 Å². The smallest absolute Gasteiger partial charge is 0.356 e. The number of pyridine rings is 1. The van der Waals surface area contributed by atoms with Crippen molar-refractivity contribution in [2.45, 2.75) is 20.4 Å². The summed E-state index contributed by atoms with van der Waals surface area (Å²) in [4.78, 5) is 41.2. The molecule has 0 N–H and O–H groups in total. The normalized spacial score (nSPS) is 15.1. The third-order valence-corrected chi connectivity index (χ3v) is 3.30. The maximum atomic E-state index is 12.3. The Balaban J connectivity index is 2.24. The highest BCUT2D eigenvalue weighted by molar-refractivity contribution is 6.20. The maximum Gasteiger partial charge on any atom is 0.356 e. The molecule has 1 aliphatic rings. The number of carbonyl (C=O) groups is 3.